The third kappa shape index (κ3) is 1.40. The number of hydrogen-bond donors (Lipinski definition) is 1. The number of ether oxygens (including phenoxy) is 1. The van der Waals surface area contributed by atoms with E-state index >= 15 is 0 Å². The lowest BCUT2D eigenvalue weighted by molar-refractivity contribution is -0.137. The van der Waals surface area contributed by atoms with Gasteiger partial charge in [-0.05, 0) is 19.9 Å². The summed E-state index contributed by atoms with van der Waals surface area (Å²) in [6, 6.07) is 5.68. The van der Waals surface area contributed by atoms with Crippen molar-refractivity contribution in [1.82, 2.24) is 0 Å². The molecule has 3 heteroatoms. The van der Waals surface area contributed by atoms with E-state index in [0.29, 0.717) is 5.75 Å². The fourth-order valence-corrected chi connectivity index (χ4v) is 1.73. The highest BCUT2D eigenvalue weighted by atomic mass is 16.5. The largest absolute Gasteiger partial charge is 0.426 e. The summed E-state index contributed by atoms with van der Waals surface area (Å²) >= 11 is 0. The Morgan fingerprint density at radius 3 is 2.93 bits per heavy atom. The van der Waals surface area contributed by atoms with Gasteiger partial charge in [-0.1, -0.05) is 17.7 Å². The first-order valence-corrected chi connectivity index (χ1v) is 4.60. The van der Waals surface area contributed by atoms with Gasteiger partial charge in [0.25, 0.3) is 0 Å². The van der Waals surface area contributed by atoms with E-state index in [4.69, 9.17) is 10.5 Å². The van der Waals surface area contributed by atoms with Crippen molar-refractivity contribution in [3.63, 3.8) is 0 Å². The molecule has 0 bridgehead atoms. The first-order chi connectivity index (χ1) is 6.49. The normalized spacial score (nSPS) is 25.5. The smallest absolute Gasteiger partial charge is 0.313 e. The molecule has 1 aromatic carbocycles. The van der Waals surface area contributed by atoms with Crippen molar-refractivity contribution >= 4 is 5.97 Å². The molecule has 2 rings (SSSR count). The van der Waals surface area contributed by atoms with E-state index in [1.807, 2.05) is 26.0 Å². The highest BCUT2D eigenvalue weighted by Gasteiger charge is 2.34. The Morgan fingerprint density at radius 1 is 1.50 bits per heavy atom. The van der Waals surface area contributed by atoms with Crippen molar-refractivity contribution in [2.75, 3.05) is 0 Å². The number of aryl methyl sites for hydroxylation is 1. The molecule has 1 aliphatic rings. The number of nitrogens with two attached hydrogens (primary N) is 1. The van der Waals surface area contributed by atoms with E-state index < -0.39 is 5.54 Å². The Morgan fingerprint density at radius 2 is 2.21 bits per heavy atom. The van der Waals surface area contributed by atoms with Crippen LogP contribution in [-0.4, -0.2) is 5.97 Å². The van der Waals surface area contributed by atoms with Gasteiger partial charge in [0.05, 0.1) is 12.0 Å². The topological polar surface area (TPSA) is 52.3 Å². The Balaban J connectivity index is 2.58. The van der Waals surface area contributed by atoms with Gasteiger partial charge in [0.15, 0.2) is 0 Å². The molecule has 0 fully saturated rings. The van der Waals surface area contributed by atoms with Gasteiger partial charge in [-0.25, -0.2) is 0 Å². The summed E-state index contributed by atoms with van der Waals surface area (Å²) in [6.45, 7) is 3.85. The lowest BCUT2D eigenvalue weighted by atomic mass is 9.86. The van der Waals surface area contributed by atoms with Crippen molar-refractivity contribution in [2.45, 2.75) is 25.8 Å². The number of rotatable bonds is 0. The van der Waals surface area contributed by atoms with Crippen LogP contribution in [0.4, 0.5) is 0 Å². The minimum Gasteiger partial charge on any atom is -0.426 e. The Hall–Kier alpha value is -1.35. The molecule has 1 atom stereocenters. The van der Waals surface area contributed by atoms with Crippen molar-refractivity contribution in [3.8, 4) is 5.75 Å². The summed E-state index contributed by atoms with van der Waals surface area (Å²) in [5.74, 6) is 0.336. The zero-order valence-electron chi connectivity index (χ0n) is 8.33. The number of hydrogen-bond acceptors (Lipinski definition) is 3. The van der Waals surface area contributed by atoms with Crippen LogP contribution in [0.15, 0.2) is 18.2 Å². The van der Waals surface area contributed by atoms with Crippen molar-refractivity contribution in [1.29, 1.82) is 0 Å². The quantitative estimate of drug-likeness (QED) is 0.499. The lowest BCUT2D eigenvalue weighted by Crippen LogP contribution is -2.40. The maximum Gasteiger partial charge on any atom is 0.313 e. The Bertz CT molecular complexity index is 396. The van der Waals surface area contributed by atoms with Gasteiger partial charge in [0.2, 0.25) is 0 Å². The molecular weight excluding hydrogens is 178 g/mol. The van der Waals surface area contributed by atoms with Crippen molar-refractivity contribution in [2.24, 2.45) is 5.73 Å². The highest BCUT2D eigenvalue weighted by Crippen LogP contribution is 2.35. The van der Waals surface area contributed by atoms with Crippen LogP contribution in [0, 0.1) is 6.92 Å². The molecule has 3 nitrogen and oxygen atoms in total. The van der Waals surface area contributed by atoms with E-state index in [9.17, 15) is 4.79 Å². The second-order valence-corrected chi connectivity index (χ2v) is 4.07. The third-order valence-corrected chi connectivity index (χ3v) is 2.49. The Kier molecular flexibility index (Phi) is 1.86. The average molecular weight is 191 g/mol. The second kappa shape index (κ2) is 2.82. The summed E-state index contributed by atoms with van der Waals surface area (Å²) in [4.78, 5) is 11.2. The molecule has 2 N–H and O–H groups in total. The fourth-order valence-electron chi connectivity index (χ4n) is 1.73. The van der Waals surface area contributed by atoms with Gasteiger partial charge in [0, 0.05) is 5.56 Å². The predicted molar refractivity (Wildman–Crippen MR) is 53.0 cm³/mol. The Labute approximate surface area is 82.9 Å². The van der Waals surface area contributed by atoms with Gasteiger partial charge in [0.1, 0.15) is 5.75 Å². The zero-order chi connectivity index (χ0) is 10.3. The highest BCUT2D eigenvalue weighted by molar-refractivity contribution is 5.77. The van der Waals surface area contributed by atoms with Crippen LogP contribution in [0.25, 0.3) is 0 Å². The summed E-state index contributed by atoms with van der Waals surface area (Å²) < 4.78 is 5.10. The van der Waals surface area contributed by atoms with Crippen LogP contribution in [0.1, 0.15) is 24.5 Å². The van der Waals surface area contributed by atoms with Gasteiger partial charge in [-0.15, -0.1) is 0 Å². The molecule has 74 valence electrons. The average Bonchev–Trinajstić information content (AvgIpc) is 2.05. The molecule has 0 amide bonds. The number of benzene rings is 1. The standard InChI is InChI=1S/C11H13NO2/c1-7-3-4-9-8(5-7)11(2,12)6-10(13)14-9/h3-5H,6,12H2,1-2H3. The molecule has 0 saturated heterocycles. The van der Waals surface area contributed by atoms with E-state index in [1.165, 1.54) is 0 Å². The van der Waals surface area contributed by atoms with Crippen LogP contribution in [0.5, 0.6) is 5.75 Å². The maximum absolute atomic E-state index is 11.2. The van der Waals surface area contributed by atoms with E-state index in [1.54, 1.807) is 6.07 Å². The van der Waals surface area contributed by atoms with E-state index in [2.05, 4.69) is 0 Å². The van der Waals surface area contributed by atoms with Gasteiger partial charge in [-0.3, -0.25) is 4.79 Å². The first kappa shape index (κ1) is 9.21. The monoisotopic (exact) mass is 191 g/mol. The molecule has 1 unspecified atom stereocenters. The SMILES string of the molecule is Cc1ccc2c(c1)C(C)(N)CC(=O)O2. The first-order valence-electron chi connectivity index (χ1n) is 4.60. The summed E-state index contributed by atoms with van der Waals surface area (Å²) in [6.07, 6.45) is 0.240. The van der Waals surface area contributed by atoms with Crippen LogP contribution >= 0.6 is 0 Å². The minimum absolute atomic E-state index is 0.240. The summed E-state index contributed by atoms with van der Waals surface area (Å²) in [5.41, 5.74) is 7.48. The fraction of sp³-hybridized carbons (Fsp3) is 0.364. The van der Waals surface area contributed by atoms with E-state index in [0.717, 1.165) is 11.1 Å². The van der Waals surface area contributed by atoms with Gasteiger partial charge >= 0.3 is 5.97 Å². The molecular formula is C11H13NO2. The molecule has 1 heterocycles. The number of esters is 1. The van der Waals surface area contributed by atoms with E-state index in [-0.39, 0.29) is 12.4 Å². The zero-order valence-corrected chi connectivity index (χ0v) is 8.33. The molecule has 0 aromatic heterocycles. The van der Waals surface area contributed by atoms with Gasteiger partial charge in [-0.2, -0.15) is 0 Å². The van der Waals surface area contributed by atoms with Gasteiger partial charge < -0.3 is 10.5 Å². The molecule has 1 aliphatic heterocycles. The summed E-state index contributed by atoms with van der Waals surface area (Å²) in [7, 11) is 0. The van der Waals surface area contributed by atoms with Crippen LogP contribution in [0.3, 0.4) is 0 Å². The summed E-state index contributed by atoms with van der Waals surface area (Å²) in [5, 5.41) is 0. The molecule has 0 saturated carbocycles. The minimum atomic E-state index is -0.601. The molecule has 1 aromatic rings. The van der Waals surface area contributed by atoms with Crippen molar-refractivity contribution in [3.05, 3.63) is 29.3 Å². The second-order valence-electron chi connectivity index (χ2n) is 4.07. The van der Waals surface area contributed by atoms with Crippen LogP contribution < -0.4 is 10.5 Å². The molecule has 14 heavy (non-hydrogen) atoms. The van der Waals surface area contributed by atoms with Crippen LogP contribution in [-0.2, 0) is 10.3 Å². The predicted octanol–water partition coefficient (Wildman–Crippen LogP) is 1.48. The van der Waals surface area contributed by atoms with Crippen molar-refractivity contribution < 1.29 is 9.53 Å². The number of fused-ring (bicyclic) bond motifs is 1. The molecule has 0 radical (unpaired) electrons. The molecule has 0 spiro atoms. The van der Waals surface area contributed by atoms with Crippen LogP contribution in [0.2, 0.25) is 0 Å². The maximum atomic E-state index is 11.2. The molecule has 0 aliphatic carbocycles. The number of carbonyl (C=O) groups is 1. The number of carbonyl (C=O) groups excluding carboxylic acids is 1. The third-order valence-electron chi connectivity index (χ3n) is 2.49. The lowest BCUT2D eigenvalue weighted by Gasteiger charge is -2.30.